The largest absolute Gasteiger partial charge is 0.274 e. The Kier molecular flexibility index (Phi) is 5.57. The Morgan fingerprint density at radius 2 is 2.00 bits per heavy atom. The standard InChI is InChI=1S/H2N3P3/c1-4-3-6-5-2/h1-2H. The third kappa shape index (κ3) is 4.30. The molecule has 0 amide bonds. The van der Waals surface area contributed by atoms with E-state index in [0.717, 1.165) is 0 Å². The van der Waals surface area contributed by atoms with Gasteiger partial charge in [-0.2, -0.15) is 4.52 Å². The van der Waals surface area contributed by atoms with Gasteiger partial charge in [0.05, 0.1) is 16.1 Å². The minimum absolute atomic E-state index is 0.281. The maximum absolute atomic E-state index is 6.48. The quantitative estimate of drug-likeness (QED) is 0.548. The molecular weight excluding hydrogens is 135 g/mol. The van der Waals surface area contributed by atoms with Crippen molar-refractivity contribution in [3.63, 3.8) is 0 Å². The first-order chi connectivity index (χ1) is 2.91. The van der Waals surface area contributed by atoms with E-state index in [1.165, 1.54) is 0 Å². The summed E-state index contributed by atoms with van der Waals surface area (Å²) in [4.78, 5) is 0. The molecule has 0 aromatic heterocycles. The number of hydrogen-bond acceptors (Lipinski definition) is 2. The van der Waals surface area contributed by atoms with Gasteiger partial charge >= 0.3 is 0 Å². The van der Waals surface area contributed by atoms with E-state index in [-0.39, 0.29) is 8.52 Å². The van der Waals surface area contributed by atoms with Crippen LogP contribution in [-0.4, -0.2) is 0 Å². The maximum Gasteiger partial charge on any atom is 0.150 e. The fraction of sp³-hybridized carbons (Fsp3) is 0. The minimum Gasteiger partial charge on any atom is -0.274 e. The third-order valence-electron chi connectivity index (χ3n) is 0.129. The van der Waals surface area contributed by atoms with Gasteiger partial charge < -0.3 is 0 Å². The van der Waals surface area contributed by atoms with Crippen molar-refractivity contribution >= 4 is 24.6 Å². The minimum atomic E-state index is 0.281. The summed E-state index contributed by atoms with van der Waals surface area (Å²) in [6.45, 7) is 0. The van der Waals surface area contributed by atoms with E-state index in [9.17, 15) is 0 Å². The predicted octanol–water partition coefficient (Wildman–Crippen LogP) is 3.36. The summed E-state index contributed by atoms with van der Waals surface area (Å²) in [5.41, 5.74) is 0. The Labute approximate surface area is 40.4 Å². The molecule has 3 nitrogen and oxygen atoms in total. The Bertz CT molecular complexity index is 64.1. The fourth-order valence-electron chi connectivity index (χ4n) is 0.0400. The Morgan fingerprint density at radius 1 is 1.33 bits per heavy atom. The molecule has 0 saturated heterocycles. The maximum atomic E-state index is 6.48. The van der Waals surface area contributed by atoms with Crippen molar-refractivity contribution in [2.45, 2.75) is 0 Å². The molecule has 6 heteroatoms. The van der Waals surface area contributed by atoms with Crippen molar-refractivity contribution in [2.24, 2.45) is 4.52 Å². The molecule has 0 saturated carbocycles. The highest BCUT2D eigenvalue weighted by Crippen LogP contribution is 2.21. The first-order valence-corrected chi connectivity index (χ1v) is 4.34. The lowest BCUT2D eigenvalue weighted by Gasteiger charge is -1.55. The van der Waals surface area contributed by atoms with Crippen molar-refractivity contribution in [1.82, 2.24) is 0 Å². The summed E-state index contributed by atoms with van der Waals surface area (Å²) >= 11 is 0. The molecule has 0 rings (SSSR count). The number of rotatable bonds is 2. The van der Waals surface area contributed by atoms with Gasteiger partial charge in [-0.25, -0.2) is 0 Å². The molecule has 0 bridgehead atoms. The first-order valence-electron chi connectivity index (χ1n) is 1.05. The molecule has 2 N–H and O–H groups in total. The highest BCUT2D eigenvalue weighted by atomic mass is 32.0. The number of nitrogens with one attached hydrogen (secondary N) is 2. The van der Waals surface area contributed by atoms with E-state index in [0.29, 0.717) is 16.1 Å². The van der Waals surface area contributed by atoms with Crippen molar-refractivity contribution in [3.8, 4) is 0 Å². The van der Waals surface area contributed by atoms with Gasteiger partial charge in [-0.15, -0.1) is 0 Å². The Balaban J connectivity index is 3.17. The molecule has 0 spiro atoms. The van der Waals surface area contributed by atoms with E-state index in [1.807, 2.05) is 0 Å². The van der Waals surface area contributed by atoms with Crippen LogP contribution in [0.1, 0.15) is 0 Å². The first kappa shape index (κ1) is 6.30. The fourth-order valence-corrected chi connectivity index (χ4v) is 1.08. The van der Waals surface area contributed by atoms with Gasteiger partial charge in [0.2, 0.25) is 0 Å². The molecule has 0 fully saturated rings. The lowest BCUT2D eigenvalue weighted by atomic mass is 13.9. The van der Waals surface area contributed by atoms with Gasteiger partial charge in [0, 0.05) is 0 Å². The SMILES string of the molecule is N=PN=PP=N. The van der Waals surface area contributed by atoms with Crippen LogP contribution in [0.15, 0.2) is 4.52 Å². The summed E-state index contributed by atoms with van der Waals surface area (Å²) in [5.74, 6) is 0. The molecule has 0 radical (unpaired) electrons. The van der Waals surface area contributed by atoms with Crippen LogP contribution in [-0.2, 0) is 0 Å². The van der Waals surface area contributed by atoms with Crippen LogP contribution in [0, 0.1) is 10.3 Å². The summed E-state index contributed by atoms with van der Waals surface area (Å²) < 4.78 is 3.50. The molecule has 0 aliphatic heterocycles. The lowest BCUT2D eigenvalue weighted by molar-refractivity contribution is 1.63. The molecule has 0 aromatic rings. The molecule has 0 aliphatic rings. The van der Waals surface area contributed by atoms with E-state index >= 15 is 0 Å². The van der Waals surface area contributed by atoms with E-state index < -0.39 is 0 Å². The molecule has 0 atom stereocenters. The second kappa shape index (κ2) is 5.30. The van der Waals surface area contributed by atoms with Gasteiger partial charge in [0.1, 0.15) is 0 Å². The van der Waals surface area contributed by atoms with Crippen LogP contribution in [0.3, 0.4) is 0 Å². The summed E-state index contributed by atoms with van der Waals surface area (Å²) in [5, 5.41) is 12.9. The van der Waals surface area contributed by atoms with Crippen LogP contribution in [0.25, 0.3) is 0 Å². The second-order valence-corrected chi connectivity index (χ2v) is 2.81. The molecule has 0 heterocycles. The zero-order valence-corrected chi connectivity index (χ0v) is 5.47. The highest BCUT2D eigenvalue weighted by molar-refractivity contribution is 8.02. The smallest absolute Gasteiger partial charge is 0.150 e. The van der Waals surface area contributed by atoms with Crippen LogP contribution in [0.2, 0.25) is 0 Å². The van der Waals surface area contributed by atoms with Gasteiger partial charge in [-0.1, -0.05) is 0 Å². The van der Waals surface area contributed by atoms with E-state index in [2.05, 4.69) is 4.52 Å². The second-order valence-electron chi connectivity index (χ2n) is 0.379. The molecule has 6 heavy (non-hydrogen) atoms. The molecule has 0 aliphatic carbocycles. The van der Waals surface area contributed by atoms with Crippen molar-refractivity contribution in [2.75, 3.05) is 0 Å². The summed E-state index contributed by atoms with van der Waals surface area (Å²) in [6, 6.07) is 0. The predicted molar refractivity (Wildman–Crippen MR) is 28.6 cm³/mol. The lowest BCUT2D eigenvalue weighted by Crippen LogP contribution is -0.985. The Morgan fingerprint density at radius 3 is 2.17 bits per heavy atom. The molecule has 0 unspecified atom stereocenters. The van der Waals surface area contributed by atoms with Crippen molar-refractivity contribution < 1.29 is 0 Å². The number of hydrogen-bond donors (Lipinski definition) is 2. The third-order valence-corrected chi connectivity index (χ3v) is 1.88. The van der Waals surface area contributed by atoms with Crippen LogP contribution in [0.5, 0.6) is 0 Å². The zero-order valence-electron chi connectivity index (χ0n) is 2.79. The van der Waals surface area contributed by atoms with Crippen molar-refractivity contribution in [3.05, 3.63) is 0 Å². The summed E-state index contributed by atoms with van der Waals surface area (Å²) in [6.07, 6.45) is 0. The molecule has 32 valence electrons. The number of nitrogens with zero attached hydrogens (tertiary/aromatic N) is 1. The average molecular weight is 137 g/mol. The molecular formula is H2N3P3. The van der Waals surface area contributed by atoms with Crippen LogP contribution >= 0.6 is 24.6 Å². The normalized spacial score (nSPS) is 11.3. The topological polar surface area (TPSA) is 60.1 Å². The van der Waals surface area contributed by atoms with Crippen molar-refractivity contribution in [1.29, 1.82) is 10.3 Å². The van der Waals surface area contributed by atoms with Crippen LogP contribution in [0.4, 0.5) is 0 Å². The van der Waals surface area contributed by atoms with Gasteiger partial charge in [0.15, 0.2) is 8.52 Å². The zero-order chi connectivity index (χ0) is 4.83. The van der Waals surface area contributed by atoms with Gasteiger partial charge in [-0.05, 0) is 0 Å². The highest BCUT2D eigenvalue weighted by Gasteiger charge is 1.55. The van der Waals surface area contributed by atoms with Crippen LogP contribution < -0.4 is 0 Å². The van der Waals surface area contributed by atoms with E-state index in [1.54, 1.807) is 0 Å². The Hall–Kier alpha value is 0.300. The van der Waals surface area contributed by atoms with Gasteiger partial charge in [0.25, 0.3) is 0 Å². The van der Waals surface area contributed by atoms with E-state index in [4.69, 9.17) is 10.3 Å². The van der Waals surface area contributed by atoms with Gasteiger partial charge in [-0.3, -0.25) is 10.3 Å². The average Bonchev–Trinajstić information content (AvgIpc) is 1.61. The monoisotopic (exact) mass is 137 g/mol. The summed E-state index contributed by atoms with van der Waals surface area (Å²) in [7, 11) is 1.43. The molecule has 0 aromatic carbocycles.